The van der Waals surface area contributed by atoms with Crippen LogP contribution in [0.25, 0.3) is 6.08 Å². The van der Waals surface area contributed by atoms with Gasteiger partial charge in [-0.15, -0.1) is 0 Å². The number of nitro benzene ring substituents is 1. The van der Waals surface area contributed by atoms with Crippen molar-refractivity contribution in [2.45, 2.75) is 27.2 Å². The fourth-order valence-corrected chi connectivity index (χ4v) is 3.82. The summed E-state index contributed by atoms with van der Waals surface area (Å²) in [4.78, 5) is 27.9. The van der Waals surface area contributed by atoms with E-state index in [-0.39, 0.29) is 23.8 Å². The number of carbonyl (C=O) groups is 1. The van der Waals surface area contributed by atoms with Crippen LogP contribution < -0.4 is 10.7 Å². The Hall–Kier alpha value is -4.05. The largest absolute Gasteiger partial charge is 0.508 e. The number of nitrogens with zero attached hydrogens (tertiary/aromatic N) is 3. The van der Waals surface area contributed by atoms with Crippen molar-refractivity contribution in [3.05, 3.63) is 80.4 Å². The first-order chi connectivity index (χ1) is 15.8. The van der Waals surface area contributed by atoms with Gasteiger partial charge in [0.15, 0.2) is 5.13 Å². The molecule has 2 aromatic carbocycles. The summed E-state index contributed by atoms with van der Waals surface area (Å²) < 4.78 is 0. The van der Waals surface area contributed by atoms with E-state index in [0.29, 0.717) is 27.1 Å². The molecule has 0 aliphatic carbocycles. The lowest BCUT2D eigenvalue weighted by Gasteiger charge is -2.04. The average Bonchev–Trinajstić information content (AvgIpc) is 3.14. The van der Waals surface area contributed by atoms with Crippen molar-refractivity contribution in [3.8, 4) is 5.75 Å². The molecule has 170 valence electrons. The molecule has 1 heterocycles. The molecule has 0 aliphatic rings. The van der Waals surface area contributed by atoms with Crippen molar-refractivity contribution >= 4 is 45.5 Å². The third-order valence-corrected chi connectivity index (χ3v) is 5.64. The van der Waals surface area contributed by atoms with Crippen LogP contribution in [0, 0.1) is 24.0 Å². The van der Waals surface area contributed by atoms with Crippen LogP contribution in [-0.2, 0) is 4.79 Å². The van der Waals surface area contributed by atoms with Crippen molar-refractivity contribution in [1.82, 2.24) is 10.4 Å². The quantitative estimate of drug-likeness (QED) is 0.242. The number of nitrogens with one attached hydrogen (secondary N) is 2. The molecule has 3 aromatic rings. The number of aryl methyl sites for hydroxylation is 2. The summed E-state index contributed by atoms with van der Waals surface area (Å²) >= 11 is 1.26. The van der Waals surface area contributed by atoms with Gasteiger partial charge in [-0.1, -0.05) is 42.5 Å². The molecule has 9 nitrogen and oxygen atoms in total. The van der Waals surface area contributed by atoms with Gasteiger partial charge in [-0.25, -0.2) is 10.4 Å². The Morgan fingerprint density at radius 3 is 2.76 bits per heavy atom. The summed E-state index contributed by atoms with van der Waals surface area (Å²) in [6.07, 6.45) is 3.75. The molecule has 0 saturated carbocycles. The smallest absolute Gasteiger partial charge is 0.292 e. The van der Waals surface area contributed by atoms with Crippen molar-refractivity contribution in [3.63, 3.8) is 0 Å². The zero-order valence-electron chi connectivity index (χ0n) is 18.3. The number of thiazole rings is 1. The molecule has 0 radical (unpaired) electrons. The number of hydrazone groups is 1. The molecule has 3 rings (SSSR count). The topological polar surface area (TPSA) is 130 Å². The molecule has 0 spiro atoms. The van der Waals surface area contributed by atoms with Gasteiger partial charge in [0.1, 0.15) is 17.1 Å². The highest BCUT2D eigenvalue weighted by atomic mass is 32.1. The van der Waals surface area contributed by atoms with Gasteiger partial charge in [0.2, 0.25) is 5.91 Å². The maximum atomic E-state index is 11.8. The lowest BCUT2D eigenvalue weighted by Crippen LogP contribution is -2.18. The van der Waals surface area contributed by atoms with E-state index in [2.05, 4.69) is 20.8 Å². The van der Waals surface area contributed by atoms with E-state index < -0.39 is 4.92 Å². The lowest BCUT2D eigenvalue weighted by atomic mass is 10.1. The Morgan fingerprint density at radius 2 is 2.06 bits per heavy atom. The molecule has 0 unspecified atom stereocenters. The summed E-state index contributed by atoms with van der Waals surface area (Å²) in [5.41, 5.74) is 5.43. The van der Waals surface area contributed by atoms with E-state index >= 15 is 0 Å². The first-order valence-electron chi connectivity index (χ1n) is 10.1. The van der Waals surface area contributed by atoms with Gasteiger partial charge in [0.25, 0.3) is 5.69 Å². The third kappa shape index (κ3) is 6.23. The molecule has 0 saturated heterocycles. The molecular formula is C23H23N5O4S. The average molecular weight is 466 g/mol. The van der Waals surface area contributed by atoms with E-state index in [1.54, 1.807) is 63.3 Å². The number of anilines is 2. The number of allylic oxidation sites excluding steroid dienone is 1. The third-order valence-electron chi connectivity index (χ3n) is 4.55. The van der Waals surface area contributed by atoms with Crippen molar-refractivity contribution in [1.29, 1.82) is 0 Å². The molecule has 0 bridgehead atoms. The van der Waals surface area contributed by atoms with Crippen LogP contribution in [-0.4, -0.2) is 26.6 Å². The Morgan fingerprint density at radius 1 is 1.27 bits per heavy atom. The van der Waals surface area contributed by atoms with Crippen LogP contribution in [0.3, 0.4) is 0 Å². The van der Waals surface area contributed by atoms with Crippen molar-refractivity contribution < 1.29 is 14.8 Å². The Bertz CT molecular complexity index is 1250. The van der Waals surface area contributed by atoms with Crippen LogP contribution in [0.2, 0.25) is 0 Å². The van der Waals surface area contributed by atoms with Gasteiger partial charge in [0.05, 0.1) is 15.5 Å². The van der Waals surface area contributed by atoms with Crippen LogP contribution in [0.5, 0.6) is 5.75 Å². The molecule has 3 N–H and O–H groups in total. The number of amides is 1. The maximum absolute atomic E-state index is 11.8. The van der Waals surface area contributed by atoms with Gasteiger partial charge >= 0.3 is 0 Å². The lowest BCUT2D eigenvalue weighted by molar-refractivity contribution is -0.384. The van der Waals surface area contributed by atoms with Crippen LogP contribution in [0.15, 0.2) is 53.6 Å². The molecule has 0 atom stereocenters. The van der Waals surface area contributed by atoms with Crippen LogP contribution in [0.1, 0.15) is 35.0 Å². The minimum Gasteiger partial charge on any atom is -0.508 e. The molecule has 1 aromatic heterocycles. The van der Waals surface area contributed by atoms with Gasteiger partial charge in [-0.3, -0.25) is 14.9 Å². The van der Waals surface area contributed by atoms with E-state index in [0.717, 1.165) is 11.1 Å². The highest BCUT2D eigenvalue weighted by Gasteiger charge is 2.18. The number of rotatable bonds is 8. The van der Waals surface area contributed by atoms with Gasteiger partial charge in [-0.2, -0.15) is 5.10 Å². The predicted molar refractivity (Wildman–Crippen MR) is 130 cm³/mol. The Labute approximate surface area is 194 Å². The minimum atomic E-state index is -0.443. The standard InChI is InChI=1S/C23H23N5O4S/c1-4-21(30)27-26-19(11-9-16-6-5-7-17(29)13-16)22-15(3)24-23(33-22)25-18-10-8-14(2)12-20(18)28(31)32/h5-13,29H,4H2,1-3H3,(H,24,25)(H,27,30)/b11-9+,26-19+. The minimum absolute atomic E-state index is 0.0442. The monoisotopic (exact) mass is 465 g/mol. The zero-order chi connectivity index (χ0) is 24.0. The Balaban J connectivity index is 1.95. The molecule has 33 heavy (non-hydrogen) atoms. The predicted octanol–water partition coefficient (Wildman–Crippen LogP) is 5.06. The summed E-state index contributed by atoms with van der Waals surface area (Å²) in [6, 6.07) is 11.6. The molecule has 0 fully saturated rings. The first kappa shape index (κ1) is 23.6. The van der Waals surface area contributed by atoms with Gasteiger partial charge in [-0.05, 0) is 49.2 Å². The second-order valence-electron chi connectivity index (χ2n) is 7.15. The summed E-state index contributed by atoms with van der Waals surface area (Å²) in [7, 11) is 0. The fraction of sp³-hybridized carbons (Fsp3) is 0.174. The normalized spacial score (nSPS) is 11.5. The highest BCUT2D eigenvalue weighted by molar-refractivity contribution is 7.17. The molecule has 0 aliphatic heterocycles. The van der Waals surface area contributed by atoms with E-state index in [4.69, 9.17) is 0 Å². The van der Waals surface area contributed by atoms with Crippen molar-refractivity contribution in [2.24, 2.45) is 5.10 Å². The summed E-state index contributed by atoms with van der Waals surface area (Å²) in [6.45, 7) is 5.30. The SMILES string of the molecule is CCC(=O)N/N=C(\C=C\c1cccc(O)c1)c1sc(Nc2ccc(C)cc2[N+](=O)[O-])nc1C. The van der Waals surface area contributed by atoms with Crippen molar-refractivity contribution in [2.75, 3.05) is 5.32 Å². The van der Waals surface area contributed by atoms with E-state index in [1.165, 1.54) is 17.4 Å². The second-order valence-corrected chi connectivity index (χ2v) is 8.15. The summed E-state index contributed by atoms with van der Waals surface area (Å²) in [5.74, 6) is -0.107. The number of aromatic nitrogens is 1. The zero-order valence-corrected chi connectivity index (χ0v) is 19.1. The van der Waals surface area contributed by atoms with E-state index in [9.17, 15) is 20.0 Å². The number of carbonyl (C=O) groups excluding carboxylic acids is 1. The van der Waals surface area contributed by atoms with Gasteiger partial charge in [0, 0.05) is 12.5 Å². The highest BCUT2D eigenvalue weighted by Crippen LogP contribution is 2.32. The number of aromatic hydroxyl groups is 1. The van der Waals surface area contributed by atoms with E-state index in [1.807, 2.05) is 6.07 Å². The summed E-state index contributed by atoms with van der Waals surface area (Å²) in [5, 5.41) is 28.8. The Kier molecular flexibility index (Phi) is 7.52. The molecular weight excluding hydrogens is 442 g/mol. The van der Waals surface area contributed by atoms with Crippen LogP contribution in [0.4, 0.5) is 16.5 Å². The fourth-order valence-electron chi connectivity index (χ4n) is 2.87. The first-order valence-corrected chi connectivity index (χ1v) is 10.9. The molecule has 10 heteroatoms. The number of nitro groups is 1. The number of hydrogen-bond donors (Lipinski definition) is 3. The van der Waals surface area contributed by atoms with Crippen LogP contribution >= 0.6 is 11.3 Å². The maximum Gasteiger partial charge on any atom is 0.292 e. The molecule has 1 amide bonds. The van der Waals surface area contributed by atoms with Gasteiger partial charge < -0.3 is 10.4 Å². The number of hydrogen-bond acceptors (Lipinski definition) is 8. The number of phenols is 1. The number of benzene rings is 2. The number of phenolic OH excluding ortho intramolecular Hbond substituents is 1. The second kappa shape index (κ2) is 10.5.